The summed E-state index contributed by atoms with van der Waals surface area (Å²) in [7, 11) is 0. The number of likely N-dealkylation sites (tertiary alicyclic amines) is 1. The number of amides is 1. The fraction of sp³-hybridized carbons (Fsp3) is 0.353. The lowest BCUT2D eigenvalue weighted by atomic mass is 10.2. The van der Waals surface area contributed by atoms with Crippen LogP contribution < -0.4 is 4.74 Å². The normalized spacial score (nSPS) is 17.5. The van der Waals surface area contributed by atoms with Crippen LogP contribution in [0, 0.1) is 6.92 Å². The summed E-state index contributed by atoms with van der Waals surface area (Å²) in [6.45, 7) is 3.34. The van der Waals surface area contributed by atoms with Gasteiger partial charge in [0.25, 0.3) is 0 Å². The second kappa shape index (κ2) is 6.56. The van der Waals surface area contributed by atoms with Gasteiger partial charge in [0, 0.05) is 37.6 Å². The van der Waals surface area contributed by atoms with Crippen molar-refractivity contribution in [1.82, 2.24) is 14.9 Å². The van der Waals surface area contributed by atoms with Crippen molar-refractivity contribution >= 4 is 5.91 Å². The first kappa shape index (κ1) is 14.5. The molecule has 0 radical (unpaired) electrons. The van der Waals surface area contributed by atoms with Crippen molar-refractivity contribution in [3.63, 3.8) is 0 Å². The van der Waals surface area contributed by atoms with Crippen molar-refractivity contribution in [1.29, 1.82) is 0 Å². The molecule has 1 amide bonds. The number of ether oxygens (including phenoxy) is 1. The topological polar surface area (TPSA) is 55.3 Å². The molecule has 3 heterocycles. The number of aryl methyl sites for hydroxylation is 1. The van der Waals surface area contributed by atoms with E-state index >= 15 is 0 Å². The SMILES string of the molecule is Cc1ccc(O[C@@H]2CCN(C(=O)Cc3cccnc3)C2)nc1. The fourth-order valence-electron chi connectivity index (χ4n) is 2.53. The maximum atomic E-state index is 12.3. The molecule has 5 heteroatoms. The van der Waals surface area contributed by atoms with E-state index in [1.54, 1.807) is 18.6 Å². The van der Waals surface area contributed by atoms with Gasteiger partial charge in [-0.15, -0.1) is 0 Å². The van der Waals surface area contributed by atoms with Gasteiger partial charge in [0.2, 0.25) is 11.8 Å². The summed E-state index contributed by atoms with van der Waals surface area (Å²) in [5.41, 5.74) is 2.05. The quantitative estimate of drug-likeness (QED) is 0.866. The molecule has 5 nitrogen and oxygen atoms in total. The van der Waals surface area contributed by atoms with E-state index in [-0.39, 0.29) is 12.0 Å². The molecule has 1 aliphatic rings. The molecular weight excluding hydrogens is 278 g/mol. The monoisotopic (exact) mass is 297 g/mol. The number of aromatic nitrogens is 2. The second-order valence-corrected chi connectivity index (χ2v) is 5.58. The van der Waals surface area contributed by atoms with Crippen LogP contribution in [0.5, 0.6) is 5.88 Å². The lowest BCUT2D eigenvalue weighted by molar-refractivity contribution is -0.129. The van der Waals surface area contributed by atoms with Gasteiger partial charge in [-0.2, -0.15) is 0 Å². The largest absolute Gasteiger partial charge is 0.472 e. The highest BCUT2D eigenvalue weighted by molar-refractivity contribution is 5.79. The summed E-state index contributed by atoms with van der Waals surface area (Å²) >= 11 is 0. The fourth-order valence-corrected chi connectivity index (χ4v) is 2.53. The lowest BCUT2D eigenvalue weighted by Gasteiger charge is -2.17. The van der Waals surface area contributed by atoms with Gasteiger partial charge in [0.15, 0.2) is 0 Å². The maximum absolute atomic E-state index is 12.3. The standard InChI is InChI=1S/C17H19N3O2/c1-13-4-5-16(19-10-13)22-15-6-8-20(12-15)17(21)9-14-3-2-7-18-11-14/h2-5,7,10-11,15H,6,8-9,12H2,1H3/t15-/m1/s1. The summed E-state index contributed by atoms with van der Waals surface area (Å²) in [6.07, 6.45) is 6.49. The molecule has 0 aromatic carbocycles. The maximum Gasteiger partial charge on any atom is 0.227 e. The van der Waals surface area contributed by atoms with E-state index in [1.165, 1.54) is 0 Å². The molecule has 22 heavy (non-hydrogen) atoms. The first-order valence-corrected chi connectivity index (χ1v) is 7.47. The Morgan fingerprint density at radius 1 is 1.36 bits per heavy atom. The van der Waals surface area contributed by atoms with Crippen LogP contribution in [0.4, 0.5) is 0 Å². The highest BCUT2D eigenvalue weighted by atomic mass is 16.5. The molecule has 1 aliphatic heterocycles. The average Bonchev–Trinajstić information content (AvgIpc) is 2.99. The molecule has 1 saturated heterocycles. The van der Waals surface area contributed by atoms with Crippen molar-refractivity contribution in [2.24, 2.45) is 0 Å². The number of pyridine rings is 2. The van der Waals surface area contributed by atoms with Gasteiger partial charge in [-0.25, -0.2) is 4.98 Å². The van der Waals surface area contributed by atoms with Gasteiger partial charge in [-0.05, 0) is 24.1 Å². The summed E-state index contributed by atoms with van der Waals surface area (Å²) in [5.74, 6) is 0.744. The predicted molar refractivity (Wildman–Crippen MR) is 82.5 cm³/mol. The van der Waals surface area contributed by atoms with Crippen LogP contribution >= 0.6 is 0 Å². The van der Waals surface area contributed by atoms with Crippen molar-refractivity contribution in [3.8, 4) is 5.88 Å². The number of rotatable bonds is 4. The summed E-state index contributed by atoms with van der Waals surface area (Å²) in [4.78, 5) is 22.4. The van der Waals surface area contributed by atoms with E-state index in [2.05, 4.69) is 9.97 Å². The van der Waals surface area contributed by atoms with Crippen LogP contribution in [0.1, 0.15) is 17.5 Å². The zero-order chi connectivity index (χ0) is 15.4. The van der Waals surface area contributed by atoms with E-state index in [4.69, 9.17) is 4.74 Å². The Balaban J connectivity index is 1.53. The number of nitrogens with zero attached hydrogens (tertiary/aromatic N) is 3. The first-order chi connectivity index (χ1) is 10.7. The summed E-state index contributed by atoms with van der Waals surface area (Å²) < 4.78 is 5.84. The van der Waals surface area contributed by atoms with E-state index < -0.39 is 0 Å². The van der Waals surface area contributed by atoms with Gasteiger partial charge in [-0.3, -0.25) is 9.78 Å². The molecule has 0 saturated carbocycles. The number of carbonyl (C=O) groups is 1. The van der Waals surface area contributed by atoms with E-state index in [0.29, 0.717) is 18.8 Å². The Morgan fingerprint density at radius 2 is 2.27 bits per heavy atom. The minimum Gasteiger partial charge on any atom is -0.472 e. The van der Waals surface area contributed by atoms with Gasteiger partial charge < -0.3 is 9.64 Å². The van der Waals surface area contributed by atoms with E-state index in [9.17, 15) is 4.79 Å². The Hall–Kier alpha value is -2.43. The van der Waals surface area contributed by atoms with Crippen LogP contribution in [0.2, 0.25) is 0 Å². The van der Waals surface area contributed by atoms with Crippen molar-refractivity contribution in [2.45, 2.75) is 25.9 Å². The van der Waals surface area contributed by atoms with Crippen molar-refractivity contribution in [2.75, 3.05) is 13.1 Å². The first-order valence-electron chi connectivity index (χ1n) is 7.47. The van der Waals surface area contributed by atoms with Crippen molar-refractivity contribution < 1.29 is 9.53 Å². The van der Waals surface area contributed by atoms with Crippen LogP contribution in [-0.2, 0) is 11.2 Å². The second-order valence-electron chi connectivity index (χ2n) is 5.58. The van der Waals surface area contributed by atoms with Gasteiger partial charge >= 0.3 is 0 Å². The van der Waals surface area contributed by atoms with Crippen LogP contribution in [0.15, 0.2) is 42.9 Å². The molecule has 0 unspecified atom stereocenters. The molecule has 3 rings (SSSR count). The third-order valence-electron chi connectivity index (χ3n) is 3.75. The molecule has 1 fully saturated rings. The third-order valence-corrected chi connectivity index (χ3v) is 3.75. The van der Waals surface area contributed by atoms with Crippen molar-refractivity contribution in [3.05, 3.63) is 54.0 Å². The van der Waals surface area contributed by atoms with E-state index in [0.717, 1.165) is 24.1 Å². The third kappa shape index (κ3) is 3.61. The zero-order valence-corrected chi connectivity index (χ0v) is 12.6. The minimum absolute atomic E-state index is 0.0213. The molecule has 0 spiro atoms. The highest BCUT2D eigenvalue weighted by Crippen LogP contribution is 2.17. The van der Waals surface area contributed by atoms with Gasteiger partial charge in [0.1, 0.15) is 6.10 Å². The molecule has 1 atom stereocenters. The Bertz CT molecular complexity index is 628. The molecule has 0 N–H and O–H groups in total. The summed E-state index contributed by atoms with van der Waals surface area (Å²) in [5, 5.41) is 0. The number of hydrogen-bond acceptors (Lipinski definition) is 4. The van der Waals surface area contributed by atoms with Crippen LogP contribution in [0.25, 0.3) is 0 Å². The smallest absolute Gasteiger partial charge is 0.227 e. The predicted octanol–water partition coefficient (Wildman–Crippen LogP) is 2.01. The molecule has 0 aliphatic carbocycles. The number of hydrogen-bond donors (Lipinski definition) is 0. The number of carbonyl (C=O) groups excluding carboxylic acids is 1. The highest BCUT2D eigenvalue weighted by Gasteiger charge is 2.27. The van der Waals surface area contributed by atoms with Crippen LogP contribution in [0.3, 0.4) is 0 Å². The van der Waals surface area contributed by atoms with E-state index in [1.807, 2.05) is 36.1 Å². The molecular formula is C17H19N3O2. The van der Waals surface area contributed by atoms with Gasteiger partial charge in [-0.1, -0.05) is 12.1 Å². The zero-order valence-electron chi connectivity index (χ0n) is 12.6. The molecule has 2 aromatic rings. The Kier molecular flexibility index (Phi) is 4.32. The van der Waals surface area contributed by atoms with Gasteiger partial charge in [0.05, 0.1) is 13.0 Å². The minimum atomic E-state index is 0.0213. The Labute approximate surface area is 130 Å². The van der Waals surface area contributed by atoms with Crippen LogP contribution in [-0.4, -0.2) is 40.0 Å². The molecule has 2 aromatic heterocycles. The average molecular weight is 297 g/mol. The Morgan fingerprint density at radius 3 is 3.00 bits per heavy atom. The molecule has 114 valence electrons. The summed E-state index contributed by atoms with van der Waals surface area (Å²) in [6, 6.07) is 7.62. The molecule has 0 bridgehead atoms. The lowest BCUT2D eigenvalue weighted by Crippen LogP contribution is -2.32.